The molecule has 2 aromatic rings. The van der Waals surface area contributed by atoms with Gasteiger partial charge in [-0.15, -0.1) is 11.3 Å². The second kappa shape index (κ2) is 5.78. The second-order valence-corrected chi connectivity index (χ2v) is 7.04. The molecule has 17 heavy (non-hydrogen) atoms. The van der Waals surface area contributed by atoms with Crippen LogP contribution < -0.4 is 0 Å². The minimum atomic E-state index is 0.112. The van der Waals surface area contributed by atoms with Gasteiger partial charge in [-0.25, -0.2) is 0 Å². The van der Waals surface area contributed by atoms with Gasteiger partial charge in [0.15, 0.2) is 5.78 Å². The summed E-state index contributed by atoms with van der Waals surface area (Å²) in [6.07, 6.45) is 0.424. The van der Waals surface area contributed by atoms with Gasteiger partial charge in [0.25, 0.3) is 0 Å². The van der Waals surface area contributed by atoms with E-state index in [-0.39, 0.29) is 5.78 Å². The Bertz CT molecular complexity index is 563. The summed E-state index contributed by atoms with van der Waals surface area (Å²) in [5, 5.41) is 1.97. The lowest BCUT2D eigenvalue weighted by molar-refractivity contribution is 0.0993. The van der Waals surface area contributed by atoms with Crippen LogP contribution in [0.1, 0.15) is 15.2 Å². The van der Waals surface area contributed by atoms with Crippen molar-refractivity contribution in [2.24, 2.45) is 0 Å². The zero-order valence-electron chi connectivity index (χ0n) is 8.54. The van der Waals surface area contributed by atoms with Gasteiger partial charge in [-0.1, -0.05) is 31.9 Å². The first kappa shape index (κ1) is 13.5. The molecule has 1 nitrogen and oxygen atoms in total. The van der Waals surface area contributed by atoms with Gasteiger partial charge in [0, 0.05) is 30.3 Å². The van der Waals surface area contributed by atoms with E-state index in [9.17, 15) is 4.79 Å². The SMILES string of the molecule is O=C(Cc1sccc1Br)c1cc(Br)ccc1Br. The Morgan fingerprint density at radius 2 is 1.88 bits per heavy atom. The number of carbonyl (C=O) groups is 1. The van der Waals surface area contributed by atoms with E-state index in [1.54, 1.807) is 11.3 Å². The summed E-state index contributed by atoms with van der Waals surface area (Å²) in [6, 6.07) is 7.58. The molecule has 0 aliphatic heterocycles. The van der Waals surface area contributed by atoms with Gasteiger partial charge in [0.1, 0.15) is 0 Å². The van der Waals surface area contributed by atoms with Crippen LogP contribution in [0, 0.1) is 0 Å². The van der Waals surface area contributed by atoms with E-state index in [0.717, 1.165) is 18.3 Å². The monoisotopic (exact) mass is 436 g/mol. The molecule has 0 aliphatic carbocycles. The highest BCUT2D eigenvalue weighted by Crippen LogP contribution is 2.27. The highest BCUT2D eigenvalue weighted by atomic mass is 79.9. The normalized spacial score (nSPS) is 10.5. The Morgan fingerprint density at radius 3 is 2.53 bits per heavy atom. The Kier molecular flexibility index (Phi) is 4.58. The van der Waals surface area contributed by atoms with Crippen molar-refractivity contribution < 1.29 is 4.79 Å². The Labute approximate surface area is 129 Å². The first-order valence-electron chi connectivity index (χ1n) is 4.78. The average Bonchev–Trinajstić information content (AvgIpc) is 2.68. The van der Waals surface area contributed by atoms with Crippen LogP contribution >= 0.6 is 59.1 Å². The molecule has 0 N–H and O–H groups in total. The maximum absolute atomic E-state index is 12.2. The number of thiophene rings is 1. The van der Waals surface area contributed by atoms with Crippen molar-refractivity contribution in [2.45, 2.75) is 6.42 Å². The molecule has 0 saturated carbocycles. The van der Waals surface area contributed by atoms with Crippen molar-refractivity contribution in [3.8, 4) is 0 Å². The maximum Gasteiger partial charge on any atom is 0.169 e. The van der Waals surface area contributed by atoms with Gasteiger partial charge < -0.3 is 0 Å². The third-order valence-corrected chi connectivity index (χ3v) is 5.35. The molecule has 5 heteroatoms. The molecule has 1 heterocycles. The molecule has 0 radical (unpaired) electrons. The van der Waals surface area contributed by atoms with Crippen LogP contribution in [0.3, 0.4) is 0 Å². The van der Waals surface area contributed by atoms with Crippen molar-refractivity contribution in [1.82, 2.24) is 0 Å². The first-order chi connectivity index (χ1) is 8.08. The molecular formula is C12H7Br3OS. The highest BCUT2D eigenvalue weighted by Gasteiger charge is 2.13. The van der Waals surface area contributed by atoms with Crippen molar-refractivity contribution >= 4 is 64.9 Å². The number of hydrogen-bond acceptors (Lipinski definition) is 2. The summed E-state index contributed by atoms with van der Waals surface area (Å²) in [6.45, 7) is 0. The number of ketones is 1. The van der Waals surface area contributed by atoms with Crippen LogP contribution in [0.5, 0.6) is 0 Å². The predicted molar refractivity (Wildman–Crippen MR) is 81.9 cm³/mol. The fourth-order valence-electron chi connectivity index (χ4n) is 1.40. The molecule has 0 fully saturated rings. The molecule has 1 aromatic carbocycles. The molecule has 88 valence electrons. The molecule has 0 unspecified atom stereocenters. The van der Waals surface area contributed by atoms with Crippen molar-refractivity contribution in [3.63, 3.8) is 0 Å². The number of hydrogen-bond donors (Lipinski definition) is 0. The number of carbonyl (C=O) groups excluding carboxylic acids is 1. The maximum atomic E-state index is 12.2. The Morgan fingerprint density at radius 1 is 1.12 bits per heavy atom. The molecule has 0 atom stereocenters. The van der Waals surface area contributed by atoms with E-state index < -0.39 is 0 Å². The van der Waals surface area contributed by atoms with Gasteiger partial charge in [0.2, 0.25) is 0 Å². The smallest absolute Gasteiger partial charge is 0.169 e. The number of Topliss-reactive ketones (excluding diaryl/α,β-unsaturated/α-hetero) is 1. The third-order valence-electron chi connectivity index (χ3n) is 2.24. The number of rotatable bonds is 3. The van der Waals surface area contributed by atoms with E-state index in [2.05, 4.69) is 47.8 Å². The zero-order chi connectivity index (χ0) is 12.4. The van der Waals surface area contributed by atoms with Crippen molar-refractivity contribution in [2.75, 3.05) is 0 Å². The highest BCUT2D eigenvalue weighted by molar-refractivity contribution is 9.11. The third kappa shape index (κ3) is 3.28. The van der Waals surface area contributed by atoms with E-state index in [1.165, 1.54) is 0 Å². The summed E-state index contributed by atoms with van der Waals surface area (Å²) in [7, 11) is 0. The first-order valence-corrected chi connectivity index (χ1v) is 8.04. The van der Waals surface area contributed by atoms with Gasteiger partial charge in [-0.05, 0) is 45.6 Å². The Hall–Kier alpha value is 0.0300. The van der Waals surface area contributed by atoms with E-state index in [1.807, 2.05) is 29.6 Å². The molecule has 0 amide bonds. The van der Waals surface area contributed by atoms with E-state index >= 15 is 0 Å². The lowest BCUT2D eigenvalue weighted by atomic mass is 10.1. The molecule has 0 aliphatic rings. The number of halogens is 3. The summed E-state index contributed by atoms with van der Waals surface area (Å²) in [5.41, 5.74) is 0.708. The molecular weight excluding hydrogens is 432 g/mol. The summed E-state index contributed by atoms with van der Waals surface area (Å²) in [5.74, 6) is 0.112. The van der Waals surface area contributed by atoms with Crippen LogP contribution in [0.2, 0.25) is 0 Å². The average molecular weight is 439 g/mol. The van der Waals surface area contributed by atoms with Gasteiger partial charge in [0.05, 0.1) is 0 Å². The minimum absolute atomic E-state index is 0.112. The van der Waals surface area contributed by atoms with Crippen LogP contribution in [0.4, 0.5) is 0 Å². The van der Waals surface area contributed by atoms with Crippen LogP contribution in [-0.4, -0.2) is 5.78 Å². The predicted octanol–water partition coefficient (Wildman–Crippen LogP) is 5.46. The van der Waals surface area contributed by atoms with E-state index in [4.69, 9.17) is 0 Å². The molecule has 2 rings (SSSR count). The summed E-state index contributed by atoms with van der Waals surface area (Å²) >= 11 is 11.8. The molecule has 1 aromatic heterocycles. The van der Waals surface area contributed by atoms with Gasteiger partial charge in [-0.3, -0.25) is 4.79 Å². The van der Waals surface area contributed by atoms with Crippen LogP contribution in [-0.2, 0) is 6.42 Å². The van der Waals surface area contributed by atoms with Crippen LogP contribution in [0.15, 0.2) is 43.1 Å². The molecule has 0 bridgehead atoms. The van der Waals surface area contributed by atoms with Gasteiger partial charge >= 0.3 is 0 Å². The second-order valence-electron chi connectivity index (χ2n) is 3.42. The standard InChI is InChI=1S/C12H7Br3OS/c13-7-1-2-9(14)8(5-7)11(16)6-12-10(15)3-4-17-12/h1-5H,6H2. The lowest BCUT2D eigenvalue weighted by Crippen LogP contribution is -2.03. The number of benzene rings is 1. The van der Waals surface area contributed by atoms with Crippen molar-refractivity contribution in [1.29, 1.82) is 0 Å². The van der Waals surface area contributed by atoms with Gasteiger partial charge in [-0.2, -0.15) is 0 Å². The Balaban J connectivity index is 2.26. The topological polar surface area (TPSA) is 17.1 Å². The van der Waals surface area contributed by atoms with Crippen LogP contribution in [0.25, 0.3) is 0 Å². The van der Waals surface area contributed by atoms with Crippen molar-refractivity contribution in [3.05, 3.63) is 53.5 Å². The zero-order valence-corrected chi connectivity index (χ0v) is 14.1. The quantitative estimate of drug-likeness (QED) is 0.581. The fraction of sp³-hybridized carbons (Fsp3) is 0.0833. The minimum Gasteiger partial charge on any atom is -0.294 e. The summed E-state index contributed by atoms with van der Waals surface area (Å²) in [4.78, 5) is 13.2. The molecule has 0 spiro atoms. The molecule has 0 saturated heterocycles. The largest absolute Gasteiger partial charge is 0.294 e. The fourth-order valence-corrected chi connectivity index (χ4v) is 3.72. The lowest BCUT2D eigenvalue weighted by Gasteiger charge is -2.04. The van der Waals surface area contributed by atoms with E-state index in [0.29, 0.717) is 12.0 Å². The summed E-state index contributed by atoms with van der Waals surface area (Å²) < 4.78 is 2.75.